The van der Waals surface area contributed by atoms with Crippen molar-refractivity contribution in [3.8, 4) is 0 Å². The van der Waals surface area contributed by atoms with Gasteiger partial charge in [0.1, 0.15) is 17.6 Å². The number of carbonyl (C=O) groups is 1. The van der Waals surface area contributed by atoms with Gasteiger partial charge in [0.15, 0.2) is 4.90 Å². The maximum absolute atomic E-state index is 12.8. The fourth-order valence-electron chi connectivity index (χ4n) is 3.52. The fourth-order valence-corrected chi connectivity index (χ4v) is 3.92. The van der Waals surface area contributed by atoms with E-state index in [9.17, 15) is 9.35 Å². The van der Waals surface area contributed by atoms with Gasteiger partial charge in [-0.15, -0.1) is 0 Å². The first-order valence-corrected chi connectivity index (χ1v) is 12.2. The number of ether oxygens (including phenoxy) is 2. The summed E-state index contributed by atoms with van der Waals surface area (Å²) in [5, 5.41) is 3.14. The Bertz CT molecular complexity index is 911. The Morgan fingerprint density at radius 3 is 2.47 bits per heavy atom. The number of anilines is 2. The van der Waals surface area contributed by atoms with Gasteiger partial charge in [-0.25, -0.2) is 14.8 Å². The monoisotopic (exact) mass is 460 g/mol. The van der Waals surface area contributed by atoms with Crippen LogP contribution in [0.1, 0.15) is 46.6 Å². The molecule has 9 heteroatoms. The van der Waals surface area contributed by atoms with Gasteiger partial charge in [0, 0.05) is 5.69 Å². The van der Waals surface area contributed by atoms with Crippen molar-refractivity contribution in [1.82, 2.24) is 14.9 Å². The zero-order valence-corrected chi connectivity index (χ0v) is 20.4. The summed E-state index contributed by atoms with van der Waals surface area (Å²) >= 11 is -1.10. The topological polar surface area (TPSA) is 99.6 Å². The predicted octanol–water partition coefficient (Wildman–Crippen LogP) is 4.26. The lowest BCUT2D eigenvalue weighted by molar-refractivity contribution is -0.0626. The van der Waals surface area contributed by atoms with Crippen molar-refractivity contribution in [3.05, 3.63) is 42.2 Å². The summed E-state index contributed by atoms with van der Waals surface area (Å²) in [7, 11) is 0. The Kier molecular flexibility index (Phi) is 7.32. The molecule has 1 aromatic carbocycles. The number of aryl methyl sites for hydroxylation is 1. The summed E-state index contributed by atoms with van der Waals surface area (Å²) in [6.07, 6.45) is 5.94. The van der Waals surface area contributed by atoms with Crippen molar-refractivity contribution in [2.24, 2.45) is 0 Å². The lowest BCUT2D eigenvalue weighted by Crippen LogP contribution is -2.49. The molecule has 0 bridgehead atoms. The molecule has 2 atom stereocenters. The smallest absolute Gasteiger partial charge is 0.412 e. The summed E-state index contributed by atoms with van der Waals surface area (Å²) < 4.78 is 22.9. The molecular weight excluding hydrogens is 428 g/mol. The van der Waals surface area contributed by atoms with Crippen LogP contribution in [-0.2, 0) is 27.1 Å². The van der Waals surface area contributed by atoms with Crippen molar-refractivity contribution in [2.75, 3.05) is 18.2 Å². The second kappa shape index (κ2) is 9.64. The molecule has 1 aliphatic rings. The summed E-state index contributed by atoms with van der Waals surface area (Å²) in [6, 6.07) is 7.96. The minimum atomic E-state index is -1.10. The highest BCUT2D eigenvalue weighted by Gasteiger charge is 2.45. The summed E-state index contributed by atoms with van der Waals surface area (Å²) in [5.74, 6) is 0.449. The molecule has 174 valence electrons. The van der Waals surface area contributed by atoms with Crippen molar-refractivity contribution in [2.45, 2.75) is 69.7 Å². The lowest BCUT2D eigenvalue weighted by atomic mass is 10.0. The molecule has 2 aromatic rings. The zero-order valence-electron chi connectivity index (χ0n) is 19.5. The average molecular weight is 461 g/mol. The lowest BCUT2D eigenvalue weighted by Gasteiger charge is -2.35. The molecule has 1 aliphatic heterocycles. The van der Waals surface area contributed by atoms with Crippen LogP contribution in [0.3, 0.4) is 0 Å². The van der Waals surface area contributed by atoms with Crippen LogP contribution in [0.15, 0.2) is 41.6 Å². The number of nitrogens with one attached hydrogen (secondary N) is 1. The Balaban J connectivity index is 1.58. The van der Waals surface area contributed by atoms with E-state index in [2.05, 4.69) is 15.3 Å². The second-order valence-electron chi connectivity index (χ2n) is 9.32. The van der Waals surface area contributed by atoms with Gasteiger partial charge in [0.05, 0.1) is 25.0 Å². The van der Waals surface area contributed by atoms with Crippen LogP contribution in [0.5, 0.6) is 0 Å². The number of benzene rings is 1. The van der Waals surface area contributed by atoms with E-state index < -0.39 is 22.5 Å². The molecule has 0 spiro atoms. The van der Waals surface area contributed by atoms with Gasteiger partial charge >= 0.3 is 6.09 Å². The largest absolute Gasteiger partial charge is 0.612 e. The molecular formula is C23H32N4O4S. The third-order valence-electron chi connectivity index (χ3n) is 5.10. The Labute approximate surface area is 192 Å². The maximum atomic E-state index is 12.8. The molecule has 1 fully saturated rings. The normalized spacial score (nSPS) is 19.0. The van der Waals surface area contributed by atoms with E-state index in [0.29, 0.717) is 17.5 Å². The van der Waals surface area contributed by atoms with E-state index in [1.54, 1.807) is 23.5 Å². The molecule has 8 nitrogen and oxygen atoms in total. The molecule has 1 N–H and O–H groups in total. The standard InChI is InChI=1S/C23H32N4O4S/c1-22(2,3)31-21(28)27-18(15-30-23(27,4)5)12-9-16-7-10-17(11-8-16)26-20-24-13-19(14-25-20)32(6)29/h7-8,10-11,13-14,18H,9,12,15H2,1-6H3,(H,24,25,26)/t18-,32?/m0/s1. The first-order chi connectivity index (χ1) is 14.9. The second-order valence-corrected chi connectivity index (χ2v) is 10.7. The predicted molar refractivity (Wildman–Crippen MR) is 124 cm³/mol. The maximum Gasteiger partial charge on any atom is 0.412 e. The Hall–Kier alpha value is -2.36. The number of hydrogen-bond acceptors (Lipinski definition) is 7. The molecule has 1 saturated heterocycles. The highest BCUT2D eigenvalue weighted by atomic mass is 32.2. The minimum absolute atomic E-state index is 0.0475. The van der Waals surface area contributed by atoms with E-state index in [-0.39, 0.29) is 12.1 Å². The van der Waals surface area contributed by atoms with E-state index in [0.717, 1.165) is 24.1 Å². The van der Waals surface area contributed by atoms with Crippen molar-refractivity contribution in [1.29, 1.82) is 0 Å². The quantitative estimate of drug-likeness (QED) is 0.643. The van der Waals surface area contributed by atoms with Gasteiger partial charge in [0.2, 0.25) is 5.95 Å². The number of aromatic nitrogens is 2. The summed E-state index contributed by atoms with van der Waals surface area (Å²) in [5.41, 5.74) is 0.767. The molecule has 2 heterocycles. The first-order valence-electron chi connectivity index (χ1n) is 10.6. The SMILES string of the molecule is C[S+]([O-])c1cnc(Nc2ccc(CC[C@H]3COC(C)(C)N3C(=O)OC(C)(C)C)cc2)nc1. The van der Waals surface area contributed by atoms with Gasteiger partial charge in [0.25, 0.3) is 0 Å². The van der Waals surface area contributed by atoms with E-state index in [1.807, 2.05) is 58.9 Å². The zero-order chi connectivity index (χ0) is 23.5. The van der Waals surface area contributed by atoms with Crippen LogP contribution in [0.2, 0.25) is 0 Å². The highest BCUT2D eigenvalue weighted by molar-refractivity contribution is 7.90. The Morgan fingerprint density at radius 2 is 1.91 bits per heavy atom. The molecule has 1 aromatic heterocycles. The van der Waals surface area contributed by atoms with Gasteiger partial charge in [-0.05, 0) is 76.3 Å². The van der Waals surface area contributed by atoms with E-state index in [1.165, 1.54) is 0 Å². The number of rotatable bonds is 6. The highest BCUT2D eigenvalue weighted by Crippen LogP contribution is 2.31. The molecule has 3 rings (SSSR count). The van der Waals surface area contributed by atoms with Gasteiger partial charge < -0.3 is 19.3 Å². The number of carbonyl (C=O) groups excluding carboxylic acids is 1. The van der Waals surface area contributed by atoms with Gasteiger partial charge in [-0.2, -0.15) is 0 Å². The van der Waals surface area contributed by atoms with Crippen LogP contribution in [0.25, 0.3) is 0 Å². The molecule has 1 unspecified atom stereocenters. The van der Waals surface area contributed by atoms with Crippen LogP contribution in [-0.4, -0.2) is 55.7 Å². The number of nitrogens with zero attached hydrogens (tertiary/aromatic N) is 3. The first kappa shape index (κ1) is 24.3. The molecule has 0 radical (unpaired) electrons. The van der Waals surface area contributed by atoms with Crippen LogP contribution in [0.4, 0.5) is 16.4 Å². The average Bonchev–Trinajstić information content (AvgIpc) is 3.01. The van der Waals surface area contributed by atoms with Crippen LogP contribution >= 0.6 is 0 Å². The third-order valence-corrected chi connectivity index (χ3v) is 5.98. The molecule has 32 heavy (non-hydrogen) atoms. The van der Waals surface area contributed by atoms with Crippen LogP contribution < -0.4 is 5.32 Å². The summed E-state index contributed by atoms with van der Waals surface area (Å²) in [4.78, 5) is 23.5. The summed E-state index contributed by atoms with van der Waals surface area (Å²) in [6.45, 7) is 9.87. The van der Waals surface area contributed by atoms with Crippen molar-refractivity contribution < 1.29 is 18.8 Å². The van der Waals surface area contributed by atoms with Gasteiger partial charge in [-0.1, -0.05) is 12.1 Å². The van der Waals surface area contributed by atoms with Gasteiger partial charge in [-0.3, -0.25) is 4.90 Å². The molecule has 1 amide bonds. The fraction of sp³-hybridized carbons (Fsp3) is 0.522. The van der Waals surface area contributed by atoms with Crippen molar-refractivity contribution in [3.63, 3.8) is 0 Å². The third kappa shape index (κ3) is 6.34. The minimum Gasteiger partial charge on any atom is -0.612 e. The van der Waals surface area contributed by atoms with Crippen LogP contribution in [0, 0.1) is 0 Å². The molecule has 0 saturated carbocycles. The molecule has 0 aliphatic carbocycles. The Morgan fingerprint density at radius 1 is 1.28 bits per heavy atom. The number of amides is 1. The number of hydrogen-bond donors (Lipinski definition) is 1. The van der Waals surface area contributed by atoms with Crippen molar-refractivity contribution >= 4 is 28.9 Å². The van der Waals surface area contributed by atoms with E-state index in [4.69, 9.17) is 9.47 Å². The van der Waals surface area contributed by atoms with E-state index >= 15 is 0 Å².